The second-order valence-electron chi connectivity index (χ2n) is 2.69. The molecule has 0 saturated heterocycles. The quantitative estimate of drug-likeness (QED) is 0.746. The fourth-order valence-corrected chi connectivity index (χ4v) is 1.31. The number of phenolic OH excluding ortho intramolecular Hbond substituents is 2. The van der Waals surface area contributed by atoms with Gasteiger partial charge in [0.15, 0.2) is 0 Å². The molecule has 2 nitrogen and oxygen atoms in total. The summed E-state index contributed by atoms with van der Waals surface area (Å²) in [6.45, 7) is 2.01. The van der Waals surface area contributed by atoms with Crippen LogP contribution in [0.5, 0.6) is 11.5 Å². The van der Waals surface area contributed by atoms with Gasteiger partial charge in [-0.15, -0.1) is 0 Å². The molecule has 1 rings (SSSR count). The van der Waals surface area contributed by atoms with Crippen molar-refractivity contribution in [1.29, 1.82) is 0 Å². The van der Waals surface area contributed by atoms with Gasteiger partial charge in [0, 0.05) is 6.07 Å². The molecule has 12 heavy (non-hydrogen) atoms. The number of phenols is 2. The minimum absolute atomic E-state index is 0.0554. The lowest BCUT2D eigenvalue weighted by atomic mass is 10.1. The van der Waals surface area contributed by atoms with Crippen molar-refractivity contribution in [2.75, 3.05) is 0 Å². The molecular formula is C9H11ClO2. The standard InChI is InChI=1S/C9H11ClO2/c1-2-3-6-4-7(11)5-8(12)9(6)10/h4-5,11-12H,2-3H2,1H3. The van der Waals surface area contributed by atoms with Crippen molar-refractivity contribution in [3.05, 3.63) is 22.7 Å². The zero-order valence-electron chi connectivity index (χ0n) is 6.84. The third kappa shape index (κ3) is 1.83. The molecule has 0 atom stereocenters. The van der Waals surface area contributed by atoms with E-state index in [-0.39, 0.29) is 11.5 Å². The lowest BCUT2D eigenvalue weighted by molar-refractivity contribution is 0.449. The van der Waals surface area contributed by atoms with Crippen LogP contribution in [0.2, 0.25) is 5.02 Å². The van der Waals surface area contributed by atoms with E-state index in [2.05, 4.69) is 0 Å². The van der Waals surface area contributed by atoms with Gasteiger partial charge in [-0.25, -0.2) is 0 Å². The third-order valence-electron chi connectivity index (χ3n) is 1.63. The number of hydrogen-bond acceptors (Lipinski definition) is 2. The molecule has 3 heteroatoms. The first-order valence-corrected chi connectivity index (χ1v) is 4.23. The summed E-state index contributed by atoms with van der Waals surface area (Å²) in [4.78, 5) is 0. The molecule has 0 unspecified atom stereocenters. The Bertz CT molecular complexity index is 284. The molecule has 0 saturated carbocycles. The van der Waals surface area contributed by atoms with E-state index in [1.54, 1.807) is 6.07 Å². The largest absolute Gasteiger partial charge is 0.508 e. The smallest absolute Gasteiger partial charge is 0.138 e. The average molecular weight is 187 g/mol. The van der Waals surface area contributed by atoms with Crippen molar-refractivity contribution < 1.29 is 10.2 Å². The molecule has 1 aromatic rings. The molecule has 2 N–H and O–H groups in total. The minimum Gasteiger partial charge on any atom is -0.508 e. The van der Waals surface area contributed by atoms with E-state index in [0.29, 0.717) is 5.02 Å². The molecule has 0 aliphatic rings. The van der Waals surface area contributed by atoms with Crippen molar-refractivity contribution in [3.8, 4) is 11.5 Å². The summed E-state index contributed by atoms with van der Waals surface area (Å²) in [6.07, 6.45) is 1.70. The van der Waals surface area contributed by atoms with Crippen LogP contribution in [0, 0.1) is 0 Å². The van der Waals surface area contributed by atoms with Gasteiger partial charge in [-0.3, -0.25) is 0 Å². The number of rotatable bonds is 2. The minimum atomic E-state index is -0.0554. The van der Waals surface area contributed by atoms with Gasteiger partial charge in [0.05, 0.1) is 5.02 Å². The summed E-state index contributed by atoms with van der Waals surface area (Å²) in [5, 5.41) is 18.7. The van der Waals surface area contributed by atoms with Crippen LogP contribution in [-0.4, -0.2) is 10.2 Å². The highest BCUT2D eigenvalue weighted by atomic mass is 35.5. The summed E-state index contributed by atoms with van der Waals surface area (Å²) in [5.74, 6) is 0.000432. The summed E-state index contributed by atoms with van der Waals surface area (Å²) in [5.41, 5.74) is 0.789. The second-order valence-corrected chi connectivity index (χ2v) is 3.07. The van der Waals surface area contributed by atoms with Gasteiger partial charge < -0.3 is 10.2 Å². The highest BCUT2D eigenvalue weighted by Gasteiger charge is 2.06. The monoisotopic (exact) mass is 186 g/mol. The Morgan fingerprint density at radius 1 is 1.33 bits per heavy atom. The molecular weight excluding hydrogens is 176 g/mol. The fraction of sp³-hybridized carbons (Fsp3) is 0.333. The molecule has 0 aliphatic carbocycles. The molecule has 0 bridgehead atoms. The number of aromatic hydroxyl groups is 2. The predicted octanol–water partition coefficient (Wildman–Crippen LogP) is 2.70. The Kier molecular flexibility index (Phi) is 2.82. The van der Waals surface area contributed by atoms with E-state index in [4.69, 9.17) is 16.7 Å². The lowest BCUT2D eigenvalue weighted by Crippen LogP contribution is -1.85. The first-order valence-electron chi connectivity index (χ1n) is 3.85. The van der Waals surface area contributed by atoms with Gasteiger partial charge in [-0.1, -0.05) is 24.9 Å². The first-order chi connectivity index (χ1) is 5.65. The molecule has 0 amide bonds. The highest BCUT2D eigenvalue weighted by Crippen LogP contribution is 2.32. The normalized spacial score (nSPS) is 10.2. The van der Waals surface area contributed by atoms with Crippen LogP contribution in [0.4, 0.5) is 0 Å². The van der Waals surface area contributed by atoms with E-state index in [1.807, 2.05) is 6.92 Å². The summed E-state index contributed by atoms with van der Waals surface area (Å²) in [6, 6.07) is 2.81. The SMILES string of the molecule is CCCc1cc(O)cc(O)c1Cl. The van der Waals surface area contributed by atoms with Crippen LogP contribution >= 0.6 is 11.6 Å². The van der Waals surface area contributed by atoms with Crippen molar-refractivity contribution in [2.24, 2.45) is 0 Å². The molecule has 66 valence electrons. The zero-order valence-corrected chi connectivity index (χ0v) is 7.60. The summed E-state index contributed by atoms with van der Waals surface area (Å²) in [7, 11) is 0. The van der Waals surface area contributed by atoms with Crippen LogP contribution in [0.15, 0.2) is 12.1 Å². The van der Waals surface area contributed by atoms with E-state index in [9.17, 15) is 5.11 Å². The second kappa shape index (κ2) is 3.68. The van der Waals surface area contributed by atoms with Gasteiger partial charge >= 0.3 is 0 Å². The van der Waals surface area contributed by atoms with E-state index >= 15 is 0 Å². The van der Waals surface area contributed by atoms with E-state index in [0.717, 1.165) is 18.4 Å². The van der Waals surface area contributed by atoms with E-state index < -0.39 is 0 Å². The molecule has 1 aromatic carbocycles. The number of halogens is 1. The van der Waals surface area contributed by atoms with E-state index in [1.165, 1.54) is 6.07 Å². The molecule has 0 radical (unpaired) electrons. The lowest BCUT2D eigenvalue weighted by Gasteiger charge is -2.04. The van der Waals surface area contributed by atoms with Gasteiger partial charge in [0.1, 0.15) is 11.5 Å². The molecule has 0 fully saturated rings. The molecule has 0 aliphatic heterocycles. The van der Waals surface area contributed by atoms with Gasteiger partial charge in [-0.05, 0) is 18.1 Å². The summed E-state index contributed by atoms with van der Waals surface area (Å²) >= 11 is 5.78. The Balaban J connectivity index is 3.09. The van der Waals surface area contributed by atoms with Crippen LogP contribution < -0.4 is 0 Å². The maximum Gasteiger partial charge on any atom is 0.138 e. The van der Waals surface area contributed by atoms with Crippen molar-refractivity contribution >= 4 is 11.6 Å². The summed E-state index contributed by atoms with van der Waals surface area (Å²) < 4.78 is 0. The predicted molar refractivity (Wildman–Crippen MR) is 48.8 cm³/mol. The Labute approximate surface area is 76.4 Å². The Morgan fingerprint density at radius 2 is 2.00 bits per heavy atom. The zero-order chi connectivity index (χ0) is 9.14. The van der Waals surface area contributed by atoms with Gasteiger partial charge in [0.25, 0.3) is 0 Å². The number of aryl methyl sites for hydroxylation is 1. The third-order valence-corrected chi connectivity index (χ3v) is 2.07. The molecule has 0 spiro atoms. The van der Waals surface area contributed by atoms with Gasteiger partial charge in [-0.2, -0.15) is 0 Å². The number of benzene rings is 1. The topological polar surface area (TPSA) is 40.5 Å². The van der Waals surface area contributed by atoms with Crippen LogP contribution in [0.1, 0.15) is 18.9 Å². The van der Waals surface area contributed by atoms with Crippen LogP contribution in [0.3, 0.4) is 0 Å². The van der Waals surface area contributed by atoms with Crippen LogP contribution in [0.25, 0.3) is 0 Å². The molecule has 0 aromatic heterocycles. The van der Waals surface area contributed by atoms with Crippen LogP contribution in [-0.2, 0) is 6.42 Å². The van der Waals surface area contributed by atoms with Crippen molar-refractivity contribution in [1.82, 2.24) is 0 Å². The van der Waals surface area contributed by atoms with Crippen molar-refractivity contribution in [2.45, 2.75) is 19.8 Å². The maximum atomic E-state index is 9.22. The van der Waals surface area contributed by atoms with Gasteiger partial charge in [0.2, 0.25) is 0 Å². The maximum absolute atomic E-state index is 9.22. The van der Waals surface area contributed by atoms with Crippen molar-refractivity contribution in [3.63, 3.8) is 0 Å². The Hall–Kier alpha value is -0.890. The fourth-order valence-electron chi connectivity index (χ4n) is 1.10. The molecule has 0 heterocycles. The first kappa shape index (κ1) is 9.20. The average Bonchev–Trinajstić information content (AvgIpc) is 2.00. The Morgan fingerprint density at radius 3 is 2.58 bits per heavy atom. The highest BCUT2D eigenvalue weighted by molar-refractivity contribution is 6.32. The number of hydrogen-bond donors (Lipinski definition) is 2.